The maximum absolute atomic E-state index is 12.1. The molecule has 2 atom stereocenters. The highest BCUT2D eigenvalue weighted by atomic mass is 16.1. The molecule has 0 spiro atoms. The molecule has 0 aromatic heterocycles. The number of carbonyl (C=O) groups is 1. The van der Waals surface area contributed by atoms with Gasteiger partial charge in [0.15, 0.2) is 0 Å². The molecule has 0 N–H and O–H groups in total. The van der Waals surface area contributed by atoms with Crippen LogP contribution in [-0.2, 0) is 11.3 Å². The van der Waals surface area contributed by atoms with Crippen LogP contribution in [-0.4, -0.2) is 24.3 Å². The van der Waals surface area contributed by atoms with E-state index in [0.29, 0.717) is 5.78 Å². The Morgan fingerprint density at radius 3 is 2.85 bits per heavy atom. The summed E-state index contributed by atoms with van der Waals surface area (Å²) in [7, 11) is 2.13. The minimum Gasteiger partial charge on any atom is -0.301 e. The van der Waals surface area contributed by atoms with Gasteiger partial charge in [-0.3, -0.25) is 4.79 Å². The quantitative estimate of drug-likeness (QED) is 0.813. The molecule has 2 unspecified atom stereocenters. The molecule has 1 aliphatic rings. The first-order valence-corrected chi connectivity index (χ1v) is 7.85. The molecule has 0 bridgehead atoms. The van der Waals surface area contributed by atoms with Gasteiger partial charge in [-0.2, -0.15) is 0 Å². The van der Waals surface area contributed by atoms with Crippen molar-refractivity contribution < 1.29 is 4.79 Å². The van der Waals surface area contributed by atoms with E-state index in [4.69, 9.17) is 0 Å². The summed E-state index contributed by atoms with van der Waals surface area (Å²) in [6, 6.07) is 8.63. The average Bonchev–Trinajstić information content (AvgIpc) is 2.41. The largest absolute Gasteiger partial charge is 0.301 e. The van der Waals surface area contributed by atoms with Crippen LogP contribution in [0.4, 0.5) is 0 Å². The SMILES string of the molecule is CCC1CCC(=O)C(CN(C)Cc2cccc(C)c2)C1. The number of carbonyl (C=O) groups excluding carboxylic acids is 1. The van der Waals surface area contributed by atoms with Crippen molar-refractivity contribution in [2.45, 2.75) is 46.1 Å². The van der Waals surface area contributed by atoms with Crippen LogP contribution in [0.1, 0.15) is 43.7 Å². The van der Waals surface area contributed by atoms with Crippen molar-refractivity contribution >= 4 is 5.78 Å². The van der Waals surface area contributed by atoms with Gasteiger partial charge in [-0.1, -0.05) is 43.2 Å². The lowest BCUT2D eigenvalue weighted by atomic mass is 9.79. The molecular weight excluding hydrogens is 246 g/mol. The normalized spacial score (nSPS) is 23.3. The zero-order valence-electron chi connectivity index (χ0n) is 13.1. The van der Waals surface area contributed by atoms with E-state index in [1.165, 1.54) is 17.5 Å². The van der Waals surface area contributed by atoms with Crippen molar-refractivity contribution in [2.75, 3.05) is 13.6 Å². The molecule has 0 saturated heterocycles. The number of ketones is 1. The molecule has 110 valence electrons. The van der Waals surface area contributed by atoms with Gasteiger partial charge in [-0.05, 0) is 38.3 Å². The van der Waals surface area contributed by atoms with E-state index in [1.54, 1.807) is 0 Å². The number of benzene rings is 1. The van der Waals surface area contributed by atoms with Crippen LogP contribution in [0.3, 0.4) is 0 Å². The van der Waals surface area contributed by atoms with Crippen LogP contribution in [0.25, 0.3) is 0 Å². The van der Waals surface area contributed by atoms with Gasteiger partial charge in [-0.15, -0.1) is 0 Å². The van der Waals surface area contributed by atoms with Crippen molar-refractivity contribution in [3.63, 3.8) is 0 Å². The first-order chi connectivity index (χ1) is 9.58. The van der Waals surface area contributed by atoms with Gasteiger partial charge in [0.2, 0.25) is 0 Å². The zero-order valence-corrected chi connectivity index (χ0v) is 13.1. The lowest BCUT2D eigenvalue weighted by Gasteiger charge is -2.30. The molecule has 20 heavy (non-hydrogen) atoms. The van der Waals surface area contributed by atoms with Gasteiger partial charge >= 0.3 is 0 Å². The Labute approximate surface area is 123 Å². The highest BCUT2D eigenvalue weighted by Gasteiger charge is 2.28. The summed E-state index contributed by atoms with van der Waals surface area (Å²) >= 11 is 0. The topological polar surface area (TPSA) is 20.3 Å². The van der Waals surface area contributed by atoms with Gasteiger partial charge in [-0.25, -0.2) is 0 Å². The van der Waals surface area contributed by atoms with Crippen molar-refractivity contribution in [1.82, 2.24) is 4.90 Å². The van der Waals surface area contributed by atoms with Crippen LogP contribution >= 0.6 is 0 Å². The Morgan fingerprint density at radius 1 is 1.35 bits per heavy atom. The number of hydrogen-bond acceptors (Lipinski definition) is 2. The summed E-state index contributed by atoms with van der Waals surface area (Å²) < 4.78 is 0. The molecule has 1 aliphatic carbocycles. The Hall–Kier alpha value is -1.15. The number of Topliss-reactive ketones (excluding diaryl/α,β-unsaturated/α-hetero) is 1. The monoisotopic (exact) mass is 273 g/mol. The summed E-state index contributed by atoms with van der Waals surface area (Å²) in [6.45, 7) is 6.21. The molecule has 0 amide bonds. The van der Waals surface area contributed by atoms with Crippen molar-refractivity contribution in [3.8, 4) is 0 Å². The van der Waals surface area contributed by atoms with E-state index in [0.717, 1.165) is 38.3 Å². The van der Waals surface area contributed by atoms with E-state index in [2.05, 4.69) is 50.1 Å². The predicted octanol–water partition coefficient (Wildman–Crippen LogP) is 3.82. The molecule has 1 aromatic carbocycles. The van der Waals surface area contributed by atoms with Gasteiger partial charge in [0.05, 0.1) is 0 Å². The fourth-order valence-electron chi connectivity index (χ4n) is 3.31. The summed E-state index contributed by atoms with van der Waals surface area (Å²) in [5, 5.41) is 0. The number of nitrogens with zero attached hydrogens (tertiary/aromatic N) is 1. The lowest BCUT2D eigenvalue weighted by Crippen LogP contribution is -2.34. The Bertz CT molecular complexity index is 454. The van der Waals surface area contributed by atoms with E-state index in [1.807, 2.05) is 0 Å². The van der Waals surface area contributed by atoms with E-state index >= 15 is 0 Å². The minimum atomic E-state index is 0.253. The van der Waals surface area contributed by atoms with Gasteiger partial charge in [0.1, 0.15) is 5.78 Å². The molecule has 0 radical (unpaired) electrons. The Balaban J connectivity index is 1.90. The number of rotatable bonds is 5. The van der Waals surface area contributed by atoms with Gasteiger partial charge < -0.3 is 4.90 Å². The fraction of sp³-hybridized carbons (Fsp3) is 0.611. The highest BCUT2D eigenvalue weighted by Crippen LogP contribution is 2.29. The number of aryl methyl sites for hydroxylation is 1. The summed E-state index contributed by atoms with van der Waals surface area (Å²) in [5.41, 5.74) is 2.64. The van der Waals surface area contributed by atoms with Crippen LogP contribution in [0.5, 0.6) is 0 Å². The first-order valence-electron chi connectivity index (χ1n) is 7.85. The molecule has 1 saturated carbocycles. The standard InChI is InChI=1S/C18H27NO/c1-4-15-8-9-18(20)17(11-15)13-19(3)12-16-7-5-6-14(2)10-16/h5-7,10,15,17H,4,8-9,11-13H2,1-3H3. The Morgan fingerprint density at radius 2 is 2.15 bits per heavy atom. The molecule has 2 rings (SSSR count). The fourth-order valence-corrected chi connectivity index (χ4v) is 3.31. The number of hydrogen-bond donors (Lipinski definition) is 0. The van der Waals surface area contributed by atoms with Crippen molar-refractivity contribution in [2.24, 2.45) is 11.8 Å². The summed E-state index contributed by atoms with van der Waals surface area (Å²) in [6.07, 6.45) is 4.20. The summed E-state index contributed by atoms with van der Waals surface area (Å²) in [4.78, 5) is 14.4. The second-order valence-corrected chi connectivity index (χ2v) is 6.40. The second-order valence-electron chi connectivity index (χ2n) is 6.40. The minimum absolute atomic E-state index is 0.253. The van der Waals surface area contributed by atoms with Crippen LogP contribution < -0.4 is 0 Å². The van der Waals surface area contributed by atoms with Crippen molar-refractivity contribution in [1.29, 1.82) is 0 Å². The van der Waals surface area contributed by atoms with E-state index in [9.17, 15) is 4.79 Å². The molecule has 1 aromatic rings. The molecule has 2 nitrogen and oxygen atoms in total. The predicted molar refractivity (Wildman–Crippen MR) is 83.6 cm³/mol. The molecule has 2 heteroatoms. The highest BCUT2D eigenvalue weighted by molar-refractivity contribution is 5.81. The second kappa shape index (κ2) is 7.03. The van der Waals surface area contributed by atoms with E-state index in [-0.39, 0.29) is 5.92 Å². The van der Waals surface area contributed by atoms with Crippen LogP contribution in [0.15, 0.2) is 24.3 Å². The van der Waals surface area contributed by atoms with Gasteiger partial charge in [0.25, 0.3) is 0 Å². The zero-order chi connectivity index (χ0) is 14.5. The van der Waals surface area contributed by atoms with E-state index < -0.39 is 0 Å². The lowest BCUT2D eigenvalue weighted by molar-refractivity contribution is -0.126. The third kappa shape index (κ3) is 4.17. The maximum atomic E-state index is 12.1. The molecule has 1 fully saturated rings. The third-order valence-corrected chi connectivity index (χ3v) is 4.52. The van der Waals surface area contributed by atoms with Crippen molar-refractivity contribution in [3.05, 3.63) is 35.4 Å². The molecular formula is C18H27NO. The maximum Gasteiger partial charge on any atom is 0.137 e. The summed E-state index contributed by atoms with van der Waals surface area (Å²) in [5.74, 6) is 1.49. The van der Waals surface area contributed by atoms with Crippen LogP contribution in [0.2, 0.25) is 0 Å². The smallest absolute Gasteiger partial charge is 0.137 e. The molecule has 0 heterocycles. The van der Waals surface area contributed by atoms with Gasteiger partial charge in [0, 0.05) is 25.4 Å². The van der Waals surface area contributed by atoms with Crippen LogP contribution in [0, 0.1) is 18.8 Å². The first kappa shape index (κ1) is 15.2. The third-order valence-electron chi connectivity index (χ3n) is 4.52. The Kier molecular flexibility index (Phi) is 5.36. The average molecular weight is 273 g/mol. The molecule has 0 aliphatic heterocycles.